The molecule has 182 valence electrons. The molecule has 2 bridgehead atoms. The summed E-state index contributed by atoms with van der Waals surface area (Å²) in [4.78, 5) is 41.3. The first kappa shape index (κ1) is 23.8. The molecule has 10 nitrogen and oxygen atoms in total. The summed E-state index contributed by atoms with van der Waals surface area (Å²) in [5, 5.41) is 11.1. The van der Waals surface area contributed by atoms with Gasteiger partial charge in [-0.25, -0.2) is 9.59 Å². The van der Waals surface area contributed by atoms with E-state index in [0.29, 0.717) is 39.9 Å². The van der Waals surface area contributed by atoms with Gasteiger partial charge in [-0.05, 0) is 18.6 Å². The Hall–Kier alpha value is -3.32. The zero-order valence-corrected chi connectivity index (χ0v) is 18.8. The van der Waals surface area contributed by atoms with Crippen LogP contribution in [0.15, 0.2) is 33.9 Å². The van der Waals surface area contributed by atoms with Crippen LogP contribution in [0.3, 0.4) is 0 Å². The van der Waals surface area contributed by atoms with Crippen LogP contribution in [-0.2, 0) is 18.9 Å². The average molecular weight is 501 g/mol. The summed E-state index contributed by atoms with van der Waals surface area (Å²) < 4.78 is 36.1. The Bertz CT molecular complexity index is 1400. The Balaban J connectivity index is 0.000000344. The van der Waals surface area contributed by atoms with E-state index in [4.69, 9.17) is 26.5 Å². The summed E-state index contributed by atoms with van der Waals surface area (Å²) in [5.74, 6) is -2.10. The molecule has 0 saturated carbocycles. The van der Waals surface area contributed by atoms with E-state index in [1.54, 1.807) is 17.7 Å². The summed E-state index contributed by atoms with van der Waals surface area (Å²) in [6, 6.07) is 8.11. The molecule has 1 aromatic carbocycles. The van der Waals surface area contributed by atoms with Crippen LogP contribution in [0.5, 0.6) is 0 Å². The maximum Gasteiger partial charge on any atom is 0.490 e. The van der Waals surface area contributed by atoms with Crippen molar-refractivity contribution in [1.29, 1.82) is 0 Å². The van der Waals surface area contributed by atoms with Crippen LogP contribution >= 0.6 is 11.6 Å². The third-order valence-electron chi connectivity index (χ3n) is 5.89. The lowest BCUT2D eigenvalue weighted by molar-refractivity contribution is -0.192. The van der Waals surface area contributed by atoms with Gasteiger partial charge in [0, 0.05) is 39.3 Å². The SMILES string of the molecule is Cn1c(=O)c2c(nc(N3CC4CC3CN4)n2-c2ccccc2Cl)n(C)c1=O.O=C(O)C(F)(F)F. The molecule has 0 spiro atoms. The van der Waals surface area contributed by atoms with Crippen LogP contribution in [0.4, 0.5) is 19.1 Å². The lowest BCUT2D eigenvalue weighted by Crippen LogP contribution is -2.44. The minimum Gasteiger partial charge on any atom is -0.475 e. The first-order valence-electron chi connectivity index (χ1n) is 10.1. The number of aromatic nitrogens is 4. The largest absolute Gasteiger partial charge is 0.490 e. The van der Waals surface area contributed by atoms with Crippen molar-refractivity contribution in [2.75, 3.05) is 18.0 Å². The molecule has 4 heterocycles. The second kappa shape index (κ2) is 8.47. The van der Waals surface area contributed by atoms with Crippen molar-refractivity contribution in [3.05, 3.63) is 50.1 Å². The van der Waals surface area contributed by atoms with E-state index < -0.39 is 17.8 Å². The molecule has 2 aromatic heterocycles. The molecular weight excluding hydrogens is 481 g/mol. The van der Waals surface area contributed by atoms with Crippen molar-refractivity contribution in [2.45, 2.75) is 24.7 Å². The number of nitrogens with one attached hydrogen (secondary N) is 1. The summed E-state index contributed by atoms with van der Waals surface area (Å²) in [6.07, 6.45) is -4.04. The number of halogens is 4. The molecule has 14 heteroatoms. The molecule has 5 rings (SSSR count). The minimum atomic E-state index is -5.08. The fraction of sp³-hybridized carbons (Fsp3) is 0.400. The molecular formula is C20H20ClF3N6O4. The summed E-state index contributed by atoms with van der Waals surface area (Å²) in [6.45, 7) is 1.69. The van der Waals surface area contributed by atoms with E-state index in [2.05, 4.69) is 10.2 Å². The van der Waals surface area contributed by atoms with Crippen molar-refractivity contribution in [1.82, 2.24) is 24.0 Å². The van der Waals surface area contributed by atoms with Crippen molar-refractivity contribution in [3.8, 4) is 5.69 Å². The standard InChI is InChI=1S/C18H19ClN6O2.C2HF3O2/c1-22-15-14(16(26)23(2)18(22)27)25(13-6-4-3-5-12(13)19)17(21-15)24-9-10-7-11(24)8-20-10;3-2(4,5)1(6)7/h3-6,10-11,20H,7-9H2,1-2H3;(H,6,7). The van der Waals surface area contributed by atoms with E-state index in [-0.39, 0.29) is 5.56 Å². The molecule has 2 atom stereocenters. The highest BCUT2D eigenvalue weighted by Crippen LogP contribution is 2.34. The highest BCUT2D eigenvalue weighted by molar-refractivity contribution is 6.32. The molecule has 0 aliphatic carbocycles. The van der Waals surface area contributed by atoms with Gasteiger partial charge in [0.05, 0.1) is 10.7 Å². The van der Waals surface area contributed by atoms with Gasteiger partial charge in [-0.2, -0.15) is 18.2 Å². The normalized spacial score (nSPS) is 19.4. The van der Waals surface area contributed by atoms with Crippen LogP contribution in [0.25, 0.3) is 16.9 Å². The van der Waals surface area contributed by atoms with Gasteiger partial charge in [0.25, 0.3) is 5.56 Å². The Morgan fingerprint density at radius 2 is 1.85 bits per heavy atom. The minimum absolute atomic E-state index is 0.314. The van der Waals surface area contributed by atoms with Gasteiger partial charge in [-0.15, -0.1) is 0 Å². The number of aryl methyl sites for hydroxylation is 1. The monoisotopic (exact) mass is 500 g/mol. The number of carboxylic acid groups (broad SMARTS) is 1. The maximum absolute atomic E-state index is 13.0. The molecule has 3 aromatic rings. The molecule has 0 radical (unpaired) electrons. The zero-order chi connectivity index (χ0) is 24.9. The summed E-state index contributed by atoms with van der Waals surface area (Å²) in [5.41, 5.74) is 0.636. The first-order valence-corrected chi connectivity index (χ1v) is 10.5. The molecule has 2 aliphatic heterocycles. The fourth-order valence-electron chi connectivity index (χ4n) is 4.24. The smallest absolute Gasteiger partial charge is 0.475 e. The lowest BCUT2D eigenvalue weighted by Gasteiger charge is -2.29. The van der Waals surface area contributed by atoms with Crippen molar-refractivity contribution in [3.63, 3.8) is 0 Å². The Kier molecular flexibility index (Phi) is 5.94. The third kappa shape index (κ3) is 3.94. The van der Waals surface area contributed by atoms with Gasteiger partial charge in [0.15, 0.2) is 11.2 Å². The van der Waals surface area contributed by atoms with Crippen molar-refractivity contribution >= 4 is 34.7 Å². The number of hydrogen-bond acceptors (Lipinski definition) is 6. The van der Waals surface area contributed by atoms with E-state index >= 15 is 0 Å². The van der Waals surface area contributed by atoms with E-state index in [9.17, 15) is 22.8 Å². The number of fused-ring (bicyclic) bond motifs is 3. The molecule has 2 fully saturated rings. The lowest BCUT2D eigenvalue weighted by atomic mass is 10.2. The number of benzene rings is 1. The molecule has 2 unspecified atom stereocenters. The molecule has 34 heavy (non-hydrogen) atoms. The number of aliphatic carboxylic acids is 1. The Morgan fingerprint density at radius 1 is 1.21 bits per heavy atom. The number of nitrogens with zero attached hydrogens (tertiary/aromatic N) is 5. The first-order chi connectivity index (χ1) is 15.9. The zero-order valence-electron chi connectivity index (χ0n) is 18.0. The topological polar surface area (TPSA) is 114 Å². The Morgan fingerprint density at radius 3 is 2.38 bits per heavy atom. The fourth-order valence-corrected chi connectivity index (χ4v) is 4.46. The molecule has 0 amide bonds. The van der Waals surface area contributed by atoms with Gasteiger partial charge in [-0.3, -0.25) is 18.5 Å². The molecule has 2 N–H and O–H groups in total. The predicted octanol–water partition coefficient (Wildman–Crippen LogP) is 1.26. The van der Waals surface area contributed by atoms with Crippen molar-refractivity contribution in [2.24, 2.45) is 14.1 Å². The van der Waals surface area contributed by atoms with Crippen LogP contribution in [0.2, 0.25) is 5.02 Å². The second-order valence-corrected chi connectivity index (χ2v) is 8.43. The number of hydrogen-bond donors (Lipinski definition) is 2. The van der Waals surface area contributed by atoms with Gasteiger partial charge < -0.3 is 15.3 Å². The quantitative estimate of drug-likeness (QED) is 0.544. The number of imidazole rings is 1. The molecule has 2 aliphatic rings. The number of para-hydroxylation sites is 1. The van der Waals surface area contributed by atoms with Crippen LogP contribution < -0.4 is 21.5 Å². The van der Waals surface area contributed by atoms with Crippen LogP contribution in [0.1, 0.15) is 6.42 Å². The van der Waals surface area contributed by atoms with Gasteiger partial charge in [0.1, 0.15) is 0 Å². The van der Waals surface area contributed by atoms with Gasteiger partial charge in [0.2, 0.25) is 5.95 Å². The highest BCUT2D eigenvalue weighted by atomic mass is 35.5. The number of alkyl halides is 3. The van der Waals surface area contributed by atoms with Crippen LogP contribution in [0, 0.1) is 0 Å². The molecule has 2 saturated heterocycles. The highest BCUT2D eigenvalue weighted by Gasteiger charge is 2.41. The van der Waals surface area contributed by atoms with E-state index in [1.807, 2.05) is 18.2 Å². The van der Waals surface area contributed by atoms with E-state index in [1.165, 1.54) is 11.6 Å². The van der Waals surface area contributed by atoms with Gasteiger partial charge >= 0.3 is 17.8 Å². The number of rotatable bonds is 2. The maximum atomic E-state index is 13.0. The van der Waals surface area contributed by atoms with Crippen LogP contribution in [-0.4, -0.2) is 61.1 Å². The van der Waals surface area contributed by atoms with Crippen molar-refractivity contribution < 1.29 is 23.1 Å². The van der Waals surface area contributed by atoms with E-state index in [0.717, 1.165) is 24.1 Å². The van der Waals surface area contributed by atoms with Gasteiger partial charge in [-0.1, -0.05) is 23.7 Å². The predicted molar refractivity (Wildman–Crippen MR) is 118 cm³/mol. The third-order valence-corrected chi connectivity index (χ3v) is 6.21. The summed E-state index contributed by atoms with van der Waals surface area (Å²) >= 11 is 6.48. The summed E-state index contributed by atoms with van der Waals surface area (Å²) in [7, 11) is 3.12. The average Bonchev–Trinajstić information content (AvgIpc) is 3.50. The number of piperazine rings is 1. The number of carboxylic acids is 1. The Labute approximate surface area is 194 Å². The second-order valence-electron chi connectivity index (χ2n) is 8.03. The number of carbonyl (C=O) groups is 1. The number of anilines is 1.